The van der Waals surface area contributed by atoms with Gasteiger partial charge in [-0.3, -0.25) is 0 Å². The van der Waals surface area contributed by atoms with Crippen LogP contribution in [-0.4, -0.2) is 21.6 Å². The molecule has 0 atom stereocenters. The summed E-state index contributed by atoms with van der Waals surface area (Å²) in [6.45, 7) is 2.57. The molecule has 2 N–H and O–H groups in total. The number of nitrogen functional groups attached to an aromatic ring is 1. The minimum absolute atomic E-state index is 0.161. The molecule has 1 heterocycles. The van der Waals surface area contributed by atoms with Crippen molar-refractivity contribution in [1.82, 2.24) is 15.0 Å². The summed E-state index contributed by atoms with van der Waals surface area (Å²) in [6.07, 6.45) is 0.888. The lowest BCUT2D eigenvalue weighted by molar-refractivity contribution is 0.292. The second-order valence-corrected chi connectivity index (χ2v) is 4.57. The number of aromatic nitrogens is 3. The van der Waals surface area contributed by atoms with E-state index in [9.17, 15) is 0 Å². The van der Waals surface area contributed by atoms with Gasteiger partial charge in [0.15, 0.2) is 5.82 Å². The number of nitrogens with zero attached hydrogens (tertiary/aromatic N) is 3. The molecule has 0 fully saturated rings. The summed E-state index contributed by atoms with van der Waals surface area (Å²) >= 11 is 3.38. The summed E-state index contributed by atoms with van der Waals surface area (Å²) in [6, 6.07) is 7.91. The first kappa shape index (κ1) is 12.8. The largest absolute Gasteiger partial charge is 0.463 e. The van der Waals surface area contributed by atoms with Crippen molar-refractivity contribution < 1.29 is 4.74 Å². The molecule has 18 heavy (non-hydrogen) atoms. The van der Waals surface area contributed by atoms with E-state index in [1.807, 2.05) is 31.2 Å². The smallest absolute Gasteiger partial charge is 0.321 e. The van der Waals surface area contributed by atoms with Crippen LogP contribution in [0.25, 0.3) is 11.4 Å². The zero-order valence-corrected chi connectivity index (χ0v) is 11.5. The first-order chi connectivity index (χ1) is 8.69. The number of anilines is 1. The van der Waals surface area contributed by atoms with Gasteiger partial charge in [0.1, 0.15) is 0 Å². The second-order valence-electron chi connectivity index (χ2n) is 3.66. The van der Waals surface area contributed by atoms with Crippen molar-refractivity contribution in [3.63, 3.8) is 0 Å². The van der Waals surface area contributed by atoms with Gasteiger partial charge in [-0.15, -0.1) is 0 Å². The fraction of sp³-hybridized carbons (Fsp3) is 0.250. The monoisotopic (exact) mass is 308 g/mol. The fourth-order valence-electron chi connectivity index (χ4n) is 1.36. The molecule has 1 aromatic carbocycles. The highest BCUT2D eigenvalue weighted by molar-refractivity contribution is 9.10. The molecule has 0 aliphatic heterocycles. The van der Waals surface area contributed by atoms with Crippen LogP contribution in [0.3, 0.4) is 0 Å². The maximum Gasteiger partial charge on any atom is 0.321 e. The molecule has 1 aromatic heterocycles. The highest BCUT2D eigenvalue weighted by Gasteiger charge is 2.07. The van der Waals surface area contributed by atoms with Crippen LogP contribution in [0.5, 0.6) is 6.01 Å². The van der Waals surface area contributed by atoms with Gasteiger partial charge in [-0.1, -0.05) is 35.0 Å². The molecule has 94 valence electrons. The number of rotatable bonds is 4. The molecular formula is C12H13BrN4O. The van der Waals surface area contributed by atoms with Crippen LogP contribution >= 0.6 is 15.9 Å². The van der Waals surface area contributed by atoms with E-state index >= 15 is 0 Å². The Bertz CT molecular complexity index is 530. The van der Waals surface area contributed by atoms with Crippen LogP contribution < -0.4 is 10.5 Å². The van der Waals surface area contributed by atoms with Gasteiger partial charge in [-0.05, 0) is 18.6 Å². The summed E-state index contributed by atoms with van der Waals surface area (Å²) in [5.74, 6) is 0.676. The summed E-state index contributed by atoms with van der Waals surface area (Å²) in [5, 5.41) is 0. The maximum atomic E-state index is 5.65. The minimum atomic E-state index is 0.161. The molecule has 0 unspecified atom stereocenters. The van der Waals surface area contributed by atoms with Crippen LogP contribution in [0.4, 0.5) is 5.95 Å². The van der Waals surface area contributed by atoms with Crippen molar-refractivity contribution >= 4 is 21.9 Å². The maximum absolute atomic E-state index is 5.65. The predicted molar refractivity (Wildman–Crippen MR) is 73.2 cm³/mol. The normalized spacial score (nSPS) is 10.3. The zero-order valence-electron chi connectivity index (χ0n) is 9.93. The Balaban J connectivity index is 2.32. The van der Waals surface area contributed by atoms with E-state index in [0.29, 0.717) is 12.4 Å². The van der Waals surface area contributed by atoms with Crippen LogP contribution in [0, 0.1) is 0 Å². The zero-order chi connectivity index (χ0) is 13.0. The van der Waals surface area contributed by atoms with Crippen molar-refractivity contribution in [3.05, 3.63) is 28.7 Å². The van der Waals surface area contributed by atoms with E-state index in [2.05, 4.69) is 30.9 Å². The number of halogens is 1. The Kier molecular flexibility index (Phi) is 4.09. The third-order valence-electron chi connectivity index (χ3n) is 2.17. The highest BCUT2D eigenvalue weighted by atomic mass is 79.9. The summed E-state index contributed by atoms with van der Waals surface area (Å²) in [5.41, 5.74) is 6.52. The van der Waals surface area contributed by atoms with Crippen molar-refractivity contribution in [2.75, 3.05) is 12.3 Å². The first-order valence-electron chi connectivity index (χ1n) is 5.59. The van der Waals surface area contributed by atoms with Crippen molar-refractivity contribution in [2.45, 2.75) is 13.3 Å². The third-order valence-corrected chi connectivity index (χ3v) is 2.70. The number of ether oxygens (including phenoxy) is 1. The second kappa shape index (κ2) is 5.77. The van der Waals surface area contributed by atoms with E-state index in [1.165, 1.54) is 0 Å². The molecule has 2 aromatic rings. The highest BCUT2D eigenvalue weighted by Crippen LogP contribution is 2.20. The Labute approximate surface area is 114 Å². The molecule has 0 saturated heterocycles. The molecule has 0 aliphatic rings. The van der Waals surface area contributed by atoms with Crippen LogP contribution in [0.1, 0.15) is 13.3 Å². The number of benzene rings is 1. The predicted octanol–water partition coefficient (Wildman–Crippen LogP) is 2.67. The van der Waals surface area contributed by atoms with E-state index in [1.54, 1.807) is 0 Å². The molecule has 0 amide bonds. The molecule has 0 spiro atoms. The van der Waals surface area contributed by atoms with Gasteiger partial charge in [-0.2, -0.15) is 15.0 Å². The molecular weight excluding hydrogens is 296 g/mol. The molecule has 0 bridgehead atoms. The third kappa shape index (κ3) is 3.16. The lowest BCUT2D eigenvalue weighted by Crippen LogP contribution is -2.05. The van der Waals surface area contributed by atoms with Crippen molar-refractivity contribution in [1.29, 1.82) is 0 Å². The topological polar surface area (TPSA) is 73.9 Å². The Morgan fingerprint density at radius 3 is 2.56 bits per heavy atom. The Morgan fingerprint density at radius 2 is 1.89 bits per heavy atom. The molecule has 5 nitrogen and oxygen atoms in total. The standard InChI is InChI=1S/C12H13BrN4O/c1-2-7-18-12-16-10(15-11(14)17-12)8-3-5-9(13)6-4-8/h3-6H,2,7H2,1H3,(H2,14,15,16,17). The average molecular weight is 309 g/mol. The van der Waals surface area contributed by atoms with Crippen LogP contribution in [0.2, 0.25) is 0 Å². The quantitative estimate of drug-likeness (QED) is 0.940. The van der Waals surface area contributed by atoms with Gasteiger partial charge in [-0.25, -0.2) is 0 Å². The van der Waals surface area contributed by atoms with E-state index < -0.39 is 0 Å². The lowest BCUT2D eigenvalue weighted by atomic mass is 10.2. The molecule has 6 heteroatoms. The van der Waals surface area contributed by atoms with Gasteiger partial charge < -0.3 is 10.5 Å². The van der Waals surface area contributed by atoms with Gasteiger partial charge in [0.2, 0.25) is 5.95 Å². The van der Waals surface area contributed by atoms with E-state index in [-0.39, 0.29) is 12.0 Å². The van der Waals surface area contributed by atoms with E-state index in [4.69, 9.17) is 10.5 Å². The average Bonchev–Trinajstić information content (AvgIpc) is 2.36. The van der Waals surface area contributed by atoms with Gasteiger partial charge in [0.05, 0.1) is 6.61 Å². The molecule has 0 radical (unpaired) electrons. The molecule has 0 saturated carbocycles. The molecule has 2 rings (SSSR count). The number of hydrogen-bond acceptors (Lipinski definition) is 5. The summed E-state index contributed by atoms with van der Waals surface area (Å²) in [4.78, 5) is 12.3. The van der Waals surface area contributed by atoms with Gasteiger partial charge >= 0.3 is 6.01 Å². The van der Waals surface area contributed by atoms with Gasteiger partial charge in [0.25, 0.3) is 0 Å². The van der Waals surface area contributed by atoms with Crippen molar-refractivity contribution in [3.8, 4) is 17.4 Å². The van der Waals surface area contributed by atoms with E-state index in [0.717, 1.165) is 16.5 Å². The Morgan fingerprint density at radius 1 is 1.17 bits per heavy atom. The molecule has 0 aliphatic carbocycles. The first-order valence-corrected chi connectivity index (χ1v) is 6.38. The SMILES string of the molecule is CCCOc1nc(N)nc(-c2ccc(Br)cc2)n1. The fourth-order valence-corrected chi connectivity index (χ4v) is 1.62. The van der Waals surface area contributed by atoms with Crippen LogP contribution in [0.15, 0.2) is 28.7 Å². The summed E-state index contributed by atoms with van der Waals surface area (Å²) in [7, 11) is 0. The minimum Gasteiger partial charge on any atom is -0.463 e. The lowest BCUT2D eigenvalue weighted by Gasteiger charge is -2.05. The number of hydrogen-bond donors (Lipinski definition) is 1. The van der Waals surface area contributed by atoms with Gasteiger partial charge in [0, 0.05) is 10.0 Å². The van der Waals surface area contributed by atoms with Crippen molar-refractivity contribution in [2.24, 2.45) is 0 Å². The number of nitrogens with two attached hydrogens (primary N) is 1. The summed E-state index contributed by atoms with van der Waals surface area (Å²) < 4.78 is 6.37. The van der Waals surface area contributed by atoms with Crippen LogP contribution in [-0.2, 0) is 0 Å². The Hall–Kier alpha value is -1.69.